The molecule has 4 nitrogen and oxygen atoms in total. The molecule has 6 heteroatoms. The summed E-state index contributed by atoms with van der Waals surface area (Å²) in [6.45, 7) is -0.102. The molecular formula is C14H17NO3S2. The first-order chi connectivity index (χ1) is 9.59. The minimum Gasteiger partial charge on any atom is -0.396 e. The van der Waals surface area contributed by atoms with Crippen LogP contribution in [0.4, 0.5) is 0 Å². The fourth-order valence-corrected chi connectivity index (χ4v) is 4.09. The van der Waals surface area contributed by atoms with Crippen LogP contribution in [0.5, 0.6) is 0 Å². The van der Waals surface area contributed by atoms with Crippen LogP contribution in [0.25, 0.3) is 0 Å². The van der Waals surface area contributed by atoms with Crippen LogP contribution in [0.2, 0.25) is 0 Å². The standard InChI is InChI=1S/C14H17NO3S2/c16-7-4-8-20(17,18)11-13-10-19-14(15-13)9-12-5-2-1-3-6-12/h1-3,5-6,10,16H,4,7-9,11H2. The highest BCUT2D eigenvalue weighted by atomic mass is 32.2. The van der Waals surface area contributed by atoms with E-state index in [9.17, 15) is 8.42 Å². The minimum atomic E-state index is -3.17. The van der Waals surface area contributed by atoms with Crippen molar-refractivity contribution in [3.05, 3.63) is 52.0 Å². The average Bonchev–Trinajstić information content (AvgIpc) is 2.84. The van der Waals surface area contributed by atoms with Gasteiger partial charge in [-0.2, -0.15) is 0 Å². The average molecular weight is 311 g/mol. The van der Waals surface area contributed by atoms with E-state index in [4.69, 9.17) is 5.11 Å². The first-order valence-electron chi connectivity index (χ1n) is 6.37. The lowest BCUT2D eigenvalue weighted by Crippen LogP contribution is -2.10. The Morgan fingerprint density at radius 2 is 1.95 bits per heavy atom. The third kappa shape index (κ3) is 4.70. The first kappa shape index (κ1) is 15.2. The van der Waals surface area contributed by atoms with E-state index in [1.807, 2.05) is 30.3 Å². The molecule has 0 bridgehead atoms. The summed E-state index contributed by atoms with van der Waals surface area (Å²) in [6.07, 6.45) is 1.01. The quantitative estimate of drug-likeness (QED) is 0.849. The fourth-order valence-electron chi connectivity index (χ4n) is 1.85. The van der Waals surface area contributed by atoms with Gasteiger partial charge < -0.3 is 5.11 Å². The van der Waals surface area contributed by atoms with Crippen molar-refractivity contribution in [1.82, 2.24) is 4.98 Å². The predicted molar refractivity (Wildman–Crippen MR) is 80.6 cm³/mol. The predicted octanol–water partition coefficient (Wildman–Crippen LogP) is 2.03. The Kier molecular flexibility index (Phi) is 5.28. The maximum atomic E-state index is 11.8. The number of benzene rings is 1. The van der Waals surface area contributed by atoms with Gasteiger partial charge in [-0.1, -0.05) is 30.3 Å². The number of hydrogen-bond donors (Lipinski definition) is 1. The van der Waals surface area contributed by atoms with Gasteiger partial charge in [0.1, 0.15) is 0 Å². The molecule has 0 saturated carbocycles. The number of hydrogen-bond acceptors (Lipinski definition) is 5. The number of aliphatic hydroxyl groups is 1. The van der Waals surface area contributed by atoms with E-state index in [2.05, 4.69) is 4.98 Å². The van der Waals surface area contributed by atoms with E-state index in [1.165, 1.54) is 11.3 Å². The molecule has 0 saturated heterocycles. The third-order valence-electron chi connectivity index (χ3n) is 2.78. The van der Waals surface area contributed by atoms with Crippen LogP contribution in [0.1, 0.15) is 22.7 Å². The number of thiazole rings is 1. The van der Waals surface area contributed by atoms with Crippen LogP contribution in [-0.4, -0.2) is 30.9 Å². The molecule has 2 aromatic rings. The maximum Gasteiger partial charge on any atom is 0.156 e. The van der Waals surface area contributed by atoms with Crippen molar-refractivity contribution in [2.45, 2.75) is 18.6 Å². The van der Waals surface area contributed by atoms with Crippen LogP contribution in [0, 0.1) is 0 Å². The maximum absolute atomic E-state index is 11.8. The summed E-state index contributed by atoms with van der Waals surface area (Å²) in [5.74, 6) is -0.0344. The van der Waals surface area contributed by atoms with Crippen LogP contribution in [0.3, 0.4) is 0 Å². The lowest BCUT2D eigenvalue weighted by Gasteiger charge is -2.00. The Morgan fingerprint density at radius 3 is 2.65 bits per heavy atom. The van der Waals surface area contributed by atoms with Gasteiger partial charge in [-0.15, -0.1) is 11.3 Å². The molecule has 0 atom stereocenters. The molecule has 1 aromatic carbocycles. The number of aliphatic hydroxyl groups excluding tert-OH is 1. The lowest BCUT2D eigenvalue weighted by molar-refractivity contribution is 0.295. The topological polar surface area (TPSA) is 67.3 Å². The van der Waals surface area contributed by atoms with Crippen molar-refractivity contribution in [2.75, 3.05) is 12.4 Å². The molecule has 0 aliphatic heterocycles. The Balaban J connectivity index is 1.99. The molecule has 0 aliphatic carbocycles. The number of aromatic nitrogens is 1. The number of rotatable bonds is 7. The van der Waals surface area contributed by atoms with Crippen molar-refractivity contribution in [3.8, 4) is 0 Å². The summed E-state index contributed by atoms with van der Waals surface area (Å²) in [5, 5.41) is 11.4. The monoisotopic (exact) mass is 311 g/mol. The zero-order valence-electron chi connectivity index (χ0n) is 11.0. The van der Waals surface area contributed by atoms with Crippen molar-refractivity contribution in [2.24, 2.45) is 0 Å². The summed E-state index contributed by atoms with van der Waals surface area (Å²) >= 11 is 1.48. The summed E-state index contributed by atoms with van der Waals surface area (Å²) in [5.41, 5.74) is 1.76. The van der Waals surface area contributed by atoms with E-state index < -0.39 is 9.84 Å². The molecule has 1 heterocycles. The van der Waals surface area contributed by atoms with Gasteiger partial charge in [0.2, 0.25) is 0 Å². The Morgan fingerprint density at radius 1 is 1.20 bits per heavy atom. The molecule has 20 heavy (non-hydrogen) atoms. The second-order valence-corrected chi connectivity index (χ2v) is 7.69. The van der Waals surface area contributed by atoms with Gasteiger partial charge in [0.15, 0.2) is 9.84 Å². The third-order valence-corrected chi connectivity index (χ3v) is 5.32. The van der Waals surface area contributed by atoms with Gasteiger partial charge in [0.25, 0.3) is 0 Å². The number of nitrogens with zero attached hydrogens (tertiary/aromatic N) is 1. The Bertz CT molecular complexity index is 635. The van der Waals surface area contributed by atoms with E-state index >= 15 is 0 Å². The smallest absolute Gasteiger partial charge is 0.156 e. The van der Waals surface area contributed by atoms with Gasteiger partial charge >= 0.3 is 0 Å². The lowest BCUT2D eigenvalue weighted by atomic mass is 10.2. The van der Waals surface area contributed by atoms with Gasteiger partial charge in [-0.25, -0.2) is 13.4 Å². The number of sulfone groups is 1. The van der Waals surface area contributed by atoms with E-state index in [0.717, 1.165) is 17.0 Å². The van der Waals surface area contributed by atoms with Gasteiger partial charge in [-0.05, 0) is 12.0 Å². The highest BCUT2D eigenvalue weighted by Crippen LogP contribution is 2.16. The molecule has 1 aromatic heterocycles. The zero-order chi connectivity index (χ0) is 14.4. The Labute approximate surface area is 123 Å². The van der Waals surface area contributed by atoms with Crippen LogP contribution in [-0.2, 0) is 22.0 Å². The van der Waals surface area contributed by atoms with Crippen molar-refractivity contribution in [3.63, 3.8) is 0 Å². The van der Waals surface area contributed by atoms with Crippen molar-refractivity contribution in [1.29, 1.82) is 0 Å². The van der Waals surface area contributed by atoms with Crippen molar-refractivity contribution >= 4 is 21.2 Å². The second-order valence-electron chi connectivity index (χ2n) is 4.56. The summed E-state index contributed by atoms with van der Waals surface area (Å²) in [7, 11) is -3.17. The molecular weight excluding hydrogens is 294 g/mol. The van der Waals surface area contributed by atoms with Crippen LogP contribution in [0.15, 0.2) is 35.7 Å². The molecule has 0 radical (unpaired) electrons. The summed E-state index contributed by atoms with van der Waals surface area (Å²) in [6, 6.07) is 9.97. The molecule has 2 rings (SSSR count). The molecule has 1 N–H and O–H groups in total. The fraction of sp³-hybridized carbons (Fsp3) is 0.357. The van der Waals surface area contributed by atoms with Gasteiger partial charge in [0, 0.05) is 18.4 Å². The second kappa shape index (κ2) is 6.97. The zero-order valence-corrected chi connectivity index (χ0v) is 12.7. The van der Waals surface area contributed by atoms with Crippen molar-refractivity contribution < 1.29 is 13.5 Å². The van der Waals surface area contributed by atoms with E-state index in [1.54, 1.807) is 5.38 Å². The molecule has 0 aliphatic rings. The molecule has 0 spiro atoms. The minimum absolute atomic E-state index is 0.00897. The largest absolute Gasteiger partial charge is 0.396 e. The summed E-state index contributed by atoms with van der Waals surface area (Å²) in [4.78, 5) is 4.38. The highest BCUT2D eigenvalue weighted by Gasteiger charge is 2.14. The summed E-state index contributed by atoms with van der Waals surface area (Å²) < 4.78 is 23.6. The normalized spacial score (nSPS) is 11.7. The molecule has 0 unspecified atom stereocenters. The van der Waals surface area contributed by atoms with E-state index in [-0.39, 0.29) is 24.5 Å². The Hall–Kier alpha value is -1.24. The van der Waals surface area contributed by atoms with E-state index in [0.29, 0.717) is 5.69 Å². The van der Waals surface area contributed by atoms with Crippen LogP contribution < -0.4 is 0 Å². The first-order valence-corrected chi connectivity index (χ1v) is 9.07. The van der Waals surface area contributed by atoms with Crippen LogP contribution >= 0.6 is 11.3 Å². The molecule has 0 amide bonds. The SMILES string of the molecule is O=S(=O)(CCCO)Cc1csc(Cc2ccccc2)n1. The molecule has 108 valence electrons. The molecule has 0 fully saturated rings. The highest BCUT2D eigenvalue weighted by molar-refractivity contribution is 7.90. The van der Waals surface area contributed by atoms with Gasteiger partial charge in [0.05, 0.1) is 22.2 Å². The van der Waals surface area contributed by atoms with Gasteiger partial charge in [-0.3, -0.25) is 0 Å².